The predicted octanol–water partition coefficient (Wildman–Crippen LogP) is 30.8. The van der Waals surface area contributed by atoms with Crippen LogP contribution in [0.15, 0.2) is 438 Å². The molecule has 0 bridgehead atoms. The number of aromatic nitrogens is 8. The Hall–Kier alpha value is -13.6. The van der Waals surface area contributed by atoms with Gasteiger partial charge in [0.25, 0.3) is 0 Å². The van der Waals surface area contributed by atoms with Gasteiger partial charge in [-0.3, -0.25) is 0 Å². The number of pyridine rings is 8. The molecule has 0 fully saturated rings. The molecule has 137 heavy (non-hydrogen) atoms. The third-order valence-electron chi connectivity index (χ3n) is 21.1. The summed E-state index contributed by atoms with van der Waals surface area (Å²) in [6, 6.07) is 152. The van der Waals surface area contributed by atoms with Crippen LogP contribution in [0, 0.1) is 69.3 Å². The van der Waals surface area contributed by atoms with Gasteiger partial charge in [-0.2, -0.15) is 0 Å². The van der Waals surface area contributed by atoms with Crippen LogP contribution in [-0.4, -0.2) is 39.9 Å². The number of hydrogen-bond acceptors (Lipinski definition) is 8. The van der Waals surface area contributed by atoms with Crippen LogP contribution in [0.3, 0.4) is 0 Å². The monoisotopic (exact) mass is 2500 g/mol. The van der Waals surface area contributed by atoms with E-state index in [9.17, 15) is 0 Å². The maximum atomic E-state index is 7.57. The Balaban J connectivity index is 0.000000184. The molecular formula is C125H106Ir4N8-8. The molecule has 0 saturated heterocycles. The van der Waals surface area contributed by atoms with Gasteiger partial charge in [0.15, 0.2) is 0 Å². The minimum Gasteiger partial charge on any atom is -0.304 e. The number of aryl methyl sites for hydroxylation is 8. The second-order valence-corrected chi connectivity index (χ2v) is 30.1. The Labute approximate surface area is 876 Å². The average molecular weight is 2500 g/mol. The van der Waals surface area contributed by atoms with E-state index in [1.54, 1.807) is 49.1 Å². The van der Waals surface area contributed by atoms with Crippen LogP contribution in [-0.2, 0) is 112 Å². The Kier molecular flexibility index (Phi) is 40.8. The van der Waals surface area contributed by atoms with Crippen molar-refractivity contribution in [2.24, 2.45) is 0 Å². The van der Waals surface area contributed by atoms with E-state index in [-0.39, 0.29) is 80.4 Å². The van der Waals surface area contributed by atoms with Crippen molar-refractivity contribution in [1.29, 1.82) is 0 Å². The van der Waals surface area contributed by atoms with Gasteiger partial charge in [-0.15, -0.1) is 287 Å². The fraction of sp³-hybridized carbons (Fsp3) is 0.104. The Morgan fingerprint density at radius 1 is 0.197 bits per heavy atom. The van der Waals surface area contributed by atoms with Crippen LogP contribution < -0.4 is 0 Å². The molecule has 0 amide bonds. The summed E-state index contributed by atoms with van der Waals surface area (Å²) < 4.78 is 60.5. The van der Waals surface area contributed by atoms with Gasteiger partial charge in [0.2, 0.25) is 0 Å². The zero-order chi connectivity index (χ0) is 99.4. The van der Waals surface area contributed by atoms with Gasteiger partial charge < -0.3 is 39.9 Å². The zero-order valence-corrected chi connectivity index (χ0v) is 86.8. The van der Waals surface area contributed by atoms with Crippen molar-refractivity contribution >= 4 is 0 Å². The molecule has 0 spiro atoms. The van der Waals surface area contributed by atoms with E-state index >= 15 is 0 Å². The molecule has 0 unspecified atom stereocenters. The summed E-state index contributed by atoms with van der Waals surface area (Å²) in [5.74, 6) is 0. The third kappa shape index (κ3) is 32.9. The average Bonchev–Trinajstić information content (AvgIpc) is 0.825. The van der Waals surface area contributed by atoms with E-state index in [1.165, 1.54) is 94.5 Å². The molecule has 0 N–H and O–H groups in total. The van der Waals surface area contributed by atoms with Crippen molar-refractivity contribution < 1.29 is 91.4 Å². The Morgan fingerprint density at radius 3 is 0.555 bits per heavy atom. The first-order valence-electron chi connectivity index (χ1n) is 47.9. The standard InChI is InChI=1S/C19H16N.3C18H14N.4C13H12N.4Ir/c1-2-15-13-19(17-11-7-4-8-12-17)20-14-18(15)16-9-5-3-6-10-16;3*1-14-12-18(16-10-6-3-7-11-16)19-13-17(14)15-8-4-2-5-9-15;4*1-2-11-8-9-13(14-10-11)12-6-4-3-5-7-12;;;;/h3-11,13-14H,2H2,1H3;3*2-10,12-13H,1H3;4*3-6,8-10H,2H2,1H3;;;;/q8*-1;;;;/i;;;;4*2D2;;;;. The summed E-state index contributed by atoms with van der Waals surface area (Å²) in [5, 5.41) is 0. The normalized spacial score (nSPS) is 11.2. The summed E-state index contributed by atoms with van der Waals surface area (Å²) in [7, 11) is 0. The summed E-state index contributed by atoms with van der Waals surface area (Å²) in [6.07, 6.45) is 9.76. The number of hydrogen-bond donors (Lipinski definition) is 0. The van der Waals surface area contributed by atoms with E-state index in [0.29, 0.717) is 22.3 Å². The van der Waals surface area contributed by atoms with Gasteiger partial charge in [0.1, 0.15) is 0 Å². The van der Waals surface area contributed by atoms with Gasteiger partial charge in [-0.1, -0.05) is 229 Å². The van der Waals surface area contributed by atoms with Crippen molar-refractivity contribution in [3.8, 4) is 135 Å². The van der Waals surface area contributed by atoms with Crippen molar-refractivity contribution in [1.82, 2.24) is 39.9 Å². The summed E-state index contributed by atoms with van der Waals surface area (Å²) in [6.45, 7) is 14.6. The van der Waals surface area contributed by atoms with Gasteiger partial charge in [-0.05, 0) is 165 Å². The molecule has 0 aliphatic heterocycles. The second-order valence-electron chi connectivity index (χ2n) is 30.1. The fourth-order valence-electron chi connectivity index (χ4n) is 13.9. The van der Waals surface area contributed by atoms with Crippen molar-refractivity contribution in [2.75, 3.05) is 0 Å². The quantitative estimate of drug-likeness (QED) is 0.0831. The molecule has 8 aromatic heterocycles. The molecule has 0 saturated carbocycles. The SMILES string of the molecule is CCc1cc(-c2[c-]cccc2)ncc1-c1ccccc1.Cc1cc(-c2[c-]cccc2)ncc1-c1ccccc1.Cc1cc(-c2[c-]cccc2)ncc1-c1ccccc1.Cc1cc(-c2[c-]cccc2)ncc1-c1ccccc1.[2H]C([2H])(C)c1ccc(-c2[c-]cccc2)nc1.[2H]C([2H])(C)c1ccc(-c2[c-]cccc2)nc1.[2H]C([2H])(C)c1ccc(-c2[c-]cccc2)nc1.[2H]C([2H])(C)c1ccc(-c2[c-]cccc2)nc1.[Ir].[Ir].[Ir].[Ir]. The molecule has 0 aliphatic rings. The maximum Gasteiger partial charge on any atom is 0.0314 e. The van der Waals surface area contributed by atoms with Gasteiger partial charge >= 0.3 is 0 Å². The van der Waals surface area contributed by atoms with E-state index < -0.39 is 25.5 Å². The first kappa shape index (κ1) is 95.2. The summed E-state index contributed by atoms with van der Waals surface area (Å²) in [5.41, 5.74) is 31.9. The van der Waals surface area contributed by atoms with Gasteiger partial charge in [-0.25, -0.2) is 0 Å². The third-order valence-corrected chi connectivity index (χ3v) is 21.1. The van der Waals surface area contributed by atoms with Crippen LogP contribution in [0.25, 0.3) is 135 Å². The minimum atomic E-state index is -1.34. The molecule has 0 aliphatic carbocycles. The van der Waals surface area contributed by atoms with Crippen LogP contribution >= 0.6 is 0 Å². The molecule has 20 rings (SSSR count). The molecule has 4 radical (unpaired) electrons. The van der Waals surface area contributed by atoms with Gasteiger partial charge in [0.05, 0.1) is 0 Å². The smallest absolute Gasteiger partial charge is 0.0314 e. The number of benzene rings is 12. The van der Waals surface area contributed by atoms with Crippen molar-refractivity contribution in [3.05, 3.63) is 531 Å². The van der Waals surface area contributed by atoms with Gasteiger partial charge in [0, 0.05) is 163 Å². The van der Waals surface area contributed by atoms with Crippen molar-refractivity contribution in [2.45, 2.75) is 87.3 Å². The zero-order valence-electron chi connectivity index (χ0n) is 85.2. The predicted molar refractivity (Wildman–Crippen MR) is 551 cm³/mol. The maximum absolute atomic E-state index is 7.57. The van der Waals surface area contributed by atoms with Crippen LogP contribution in [0.1, 0.15) is 90.1 Å². The van der Waals surface area contributed by atoms with Crippen LogP contribution in [0.2, 0.25) is 0 Å². The molecule has 8 nitrogen and oxygen atoms in total. The number of nitrogens with zero attached hydrogens (tertiary/aromatic N) is 8. The summed E-state index contributed by atoms with van der Waals surface area (Å²) >= 11 is 0. The molecular weight excluding hydrogens is 2380 g/mol. The Morgan fingerprint density at radius 2 is 0.380 bits per heavy atom. The van der Waals surface area contributed by atoms with Crippen LogP contribution in [0.5, 0.6) is 0 Å². The summed E-state index contributed by atoms with van der Waals surface area (Å²) in [4.78, 5) is 35.2. The minimum absolute atomic E-state index is 0. The molecule has 12 aromatic carbocycles. The fourth-order valence-corrected chi connectivity index (χ4v) is 13.9. The largest absolute Gasteiger partial charge is 0.304 e. The molecule has 690 valence electrons. The molecule has 20 aromatic rings. The van der Waals surface area contributed by atoms with Crippen LogP contribution in [0.4, 0.5) is 0 Å². The molecule has 8 heterocycles. The second kappa shape index (κ2) is 58.7. The van der Waals surface area contributed by atoms with E-state index in [2.05, 4.69) is 201 Å². The first-order chi connectivity index (χ1) is 68.2. The van der Waals surface area contributed by atoms with E-state index in [1.807, 2.05) is 304 Å². The van der Waals surface area contributed by atoms with E-state index in [4.69, 9.17) is 11.0 Å². The number of rotatable bonds is 17. The van der Waals surface area contributed by atoms with Crippen molar-refractivity contribution in [3.63, 3.8) is 0 Å². The topological polar surface area (TPSA) is 103 Å². The van der Waals surface area contributed by atoms with E-state index in [0.717, 1.165) is 96.5 Å². The molecule has 12 heteroatoms. The Bertz CT molecular complexity index is 6510. The first-order valence-corrected chi connectivity index (χ1v) is 43.9. The molecule has 0 atom stereocenters.